The standard InChI is InChI=1S/C10H11N3O3/c1-6-9(10(14)12-11-6)7-2-4-8(5-3-7)13(15)16/h2-6,9,11H,1H3,(H,12,14)/t6-,9+/m1/s1. The summed E-state index contributed by atoms with van der Waals surface area (Å²) in [7, 11) is 0. The number of hydrogen-bond donors (Lipinski definition) is 2. The maximum Gasteiger partial charge on any atom is 0.269 e. The molecule has 6 heteroatoms. The van der Waals surface area contributed by atoms with Gasteiger partial charge < -0.3 is 0 Å². The molecule has 2 atom stereocenters. The van der Waals surface area contributed by atoms with Gasteiger partial charge >= 0.3 is 0 Å². The number of nitrogens with one attached hydrogen (secondary N) is 2. The van der Waals surface area contributed by atoms with Gasteiger partial charge in [0, 0.05) is 18.2 Å². The van der Waals surface area contributed by atoms with Gasteiger partial charge in [-0.1, -0.05) is 12.1 Å². The molecule has 2 N–H and O–H groups in total. The summed E-state index contributed by atoms with van der Waals surface area (Å²) in [5, 5.41) is 10.5. The average molecular weight is 221 g/mol. The molecule has 0 saturated carbocycles. The summed E-state index contributed by atoms with van der Waals surface area (Å²) in [5.74, 6) is -0.401. The highest BCUT2D eigenvalue weighted by Crippen LogP contribution is 2.24. The second-order valence-corrected chi connectivity index (χ2v) is 3.75. The van der Waals surface area contributed by atoms with Crippen LogP contribution in [0.5, 0.6) is 0 Å². The van der Waals surface area contributed by atoms with Gasteiger partial charge in [0.25, 0.3) is 5.69 Å². The van der Waals surface area contributed by atoms with Crippen LogP contribution >= 0.6 is 0 Å². The first kappa shape index (κ1) is 10.6. The van der Waals surface area contributed by atoms with E-state index in [1.807, 2.05) is 6.92 Å². The van der Waals surface area contributed by atoms with Crippen molar-refractivity contribution in [3.05, 3.63) is 39.9 Å². The van der Waals surface area contributed by atoms with Crippen LogP contribution in [0.25, 0.3) is 0 Å². The Morgan fingerprint density at radius 2 is 1.94 bits per heavy atom. The van der Waals surface area contributed by atoms with Gasteiger partial charge in [-0.25, -0.2) is 5.43 Å². The van der Waals surface area contributed by atoms with E-state index in [9.17, 15) is 14.9 Å². The van der Waals surface area contributed by atoms with Crippen molar-refractivity contribution in [3.63, 3.8) is 0 Å². The Labute approximate surface area is 91.8 Å². The van der Waals surface area contributed by atoms with E-state index < -0.39 is 4.92 Å². The summed E-state index contributed by atoms with van der Waals surface area (Å²) in [6.07, 6.45) is 0. The van der Waals surface area contributed by atoms with Crippen molar-refractivity contribution in [1.82, 2.24) is 10.9 Å². The average Bonchev–Trinajstić information content (AvgIpc) is 2.59. The molecule has 0 spiro atoms. The minimum Gasteiger partial charge on any atom is -0.291 e. The van der Waals surface area contributed by atoms with Crippen molar-refractivity contribution in [2.75, 3.05) is 0 Å². The van der Waals surface area contributed by atoms with Crippen LogP contribution in [-0.2, 0) is 4.79 Å². The molecule has 1 amide bonds. The van der Waals surface area contributed by atoms with E-state index in [-0.39, 0.29) is 23.6 Å². The molecule has 0 aromatic heterocycles. The molecule has 6 nitrogen and oxygen atoms in total. The summed E-state index contributed by atoms with van der Waals surface area (Å²) in [5.41, 5.74) is 6.16. The Kier molecular flexibility index (Phi) is 2.57. The second kappa shape index (κ2) is 3.90. The van der Waals surface area contributed by atoms with E-state index in [0.717, 1.165) is 5.56 Å². The molecular formula is C10H11N3O3. The number of benzene rings is 1. The van der Waals surface area contributed by atoms with Crippen molar-refractivity contribution < 1.29 is 9.72 Å². The van der Waals surface area contributed by atoms with E-state index in [0.29, 0.717) is 0 Å². The summed E-state index contributed by atoms with van der Waals surface area (Å²) < 4.78 is 0. The Morgan fingerprint density at radius 1 is 1.31 bits per heavy atom. The lowest BCUT2D eigenvalue weighted by atomic mass is 9.93. The maximum absolute atomic E-state index is 11.5. The number of nitro benzene ring substituents is 1. The van der Waals surface area contributed by atoms with Gasteiger partial charge in [0.15, 0.2) is 0 Å². The molecule has 0 radical (unpaired) electrons. The van der Waals surface area contributed by atoms with Crippen molar-refractivity contribution in [2.45, 2.75) is 18.9 Å². The van der Waals surface area contributed by atoms with E-state index in [1.165, 1.54) is 12.1 Å². The van der Waals surface area contributed by atoms with E-state index in [1.54, 1.807) is 12.1 Å². The highest BCUT2D eigenvalue weighted by atomic mass is 16.6. The van der Waals surface area contributed by atoms with Gasteiger partial charge in [0.2, 0.25) is 5.91 Å². The van der Waals surface area contributed by atoms with Crippen molar-refractivity contribution >= 4 is 11.6 Å². The lowest BCUT2D eigenvalue weighted by Crippen LogP contribution is -2.29. The first-order valence-electron chi connectivity index (χ1n) is 4.89. The number of nitrogens with zero attached hydrogens (tertiary/aromatic N) is 1. The zero-order valence-electron chi connectivity index (χ0n) is 8.64. The van der Waals surface area contributed by atoms with Crippen LogP contribution in [0.4, 0.5) is 5.69 Å². The number of amides is 1. The fraction of sp³-hybridized carbons (Fsp3) is 0.300. The molecule has 16 heavy (non-hydrogen) atoms. The van der Waals surface area contributed by atoms with Gasteiger partial charge in [-0.05, 0) is 12.5 Å². The number of carbonyl (C=O) groups is 1. The third-order valence-corrected chi connectivity index (χ3v) is 2.67. The smallest absolute Gasteiger partial charge is 0.269 e. The lowest BCUT2D eigenvalue weighted by Gasteiger charge is -2.11. The summed E-state index contributed by atoms with van der Waals surface area (Å²) in [6.45, 7) is 1.88. The molecule has 1 aromatic rings. The number of non-ortho nitro benzene ring substituents is 1. The normalized spacial score (nSPS) is 24.2. The highest BCUT2D eigenvalue weighted by molar-refractivity contribution is 5.86. The summed E-state index contributed by atoms with van der Waals surface area (Å²) in [4.78, 5) is 21.5. The van der Waals surface area contributed by atoms with Gasteiger partial charge in [-0.2, -0.15) is 0 Å². The number of nitro groups is 1. The Morgan fingerprint density at radius 3 is 2.38 bits per heavy atom. The molecule has 84 valence electrons. The molecule has 2 rings (SSSR count). The molecule has 1 heterocycles. The lowest BCUT2D eigenvalue weighted by molar-refractivity contribution is -0.384. The minimum atomic E-state index is -0.458. The van der Waals surface area contributed by atoms with Crippen molar-refractivity contribution in [3.8, 4) is 0 Å². The Bertz CT molecular complexity index is 429. The topological polar surface area (TPSA) is 84.3 Å². The number of carbonyl (C=O) groups excluding carboxylic acids is 1. The largest absolute Gasteiger partial charge is 0.291 e. The molecule has 1 aliphatic rings. The van der Waals surface area contributed by atoms with E-state index >= 15 is 0 Å². The fourth-order valence-electron chi connectivity index (χ4n) is 1.82. The molecule has 1 aromatic carbocycles. The Balaban J connectivity index is 2.27. The van der Waals surface area contributed by atoms with Crippen LogP contribution in [-0.4, -0.2) is 16.9 Å². The van der Waals surface area contributed by atoms with Crippen molar-refractivity contribution in [1.29, 1.82) is 0 Å². The monoisotopic (exact) mass is 221 g/mol. The van der Waals surface area contributed by atoms with Crippen LogP contribution in [0.2, 0.25) is 0 Å². The molecule has 1 saturated heterocycles. The van der Waals surface area contributed by atoms with Gasteiger partial charge in [-0.15, -0.1) is 0 Å². The molecule has 1 aliphatic heterocycles. The quantitative estimate of drug-likeness (QED) is 0.568. The summed E-state index contributed by atoms with van der Waals surface area (Å²) >= 11 is 0. The van der Waals surface area contributed by atoms with Gasteiger partial charge in [0.1, 0.15) is 0 Å². The predicted molar refractivity (Wildman–Crippen MR) is 56.6 cm³/mol. The maximum atomic E-state index is 11.5. The number of rotatable bonds is 2. The summed E-state index contributed by atoms with van der Waals surface area (Å²) in [6, 6.07) is 6.04. The number of hydrogen-bond acceptors (Lipinski definition) is 4. The molecule has 0 bridgehead atoms. The molecular weight excluding hydrogens is 210 g/mol. The second-order valence-electron chi connectivity index (χ2n) is 3.75. The van der Waals surface area contributed by atoms with E-state index in [4.69, 9.17) is 0 Å². The third-order valence-electron chi connectivity index (χ3n) is 2.67. The molecule has 0 aliphatic carbocycles. The number of hydrazine groups is 1. The molecule has 0 unspecified atom stereocenters. The predicted octanol–water partition coefficient (Wildman–Crippen LogP) is 0.701. The zero-order valence-corrected chi connectivity index (χ0v) is 8.64. The zero-order chi connectivity index (χ0) is 11.7. The van der Waals surface area contributed by atoms with Crippen LogP contribution < -0.4 is 10.9 Å². The van der Waals surface area contributed by atoms with Crippen molar-refractivity contribution in [2.24, 2.45) is 0 Å². The highest BCUT2D eigenvalue weighted by Gasteiger charge is 2.32. The van der Waals surface area contributed by atoms with Crippen LogP contribution in [0.15, 0.2) is 24.3 Å². The first-order valence-corrected chi connectivity index (χ1v) is 4.89. The minimum absolute atomic E-state index is 0.0195. The van der Waals surface area contributed by atoms with Gasteiger partial charge in [0.05, 0.1) is 10.8 Å². The molecule has 1 fully saturated rings. The fourth-order valence-corrected chi connectivity index (χ4v) is 1.82. The third kappa shape index (κ3) is 1.74. The van der Waals surface area contributed by atoms with Crippen LogP contribution in [0.3, 0.4) is 0 Å². The SMILES string of the molecule is C[C@H]1NNC(=O)[C@@H]1c1ccc([N+](=O)[O-])cc1. The van der Waals surface area contributed by atoms with Gasteiger partial charge in [-0.3, -0.25) is 20.3 Å². The Hall–Kier alpha value is -1.95. The van der Waals surface area contributed by atoms with E-state index in [2.05, 4.69) is 10.9 Å². The first-order chi connectivity index (χ1) is 7.59. The van der Waals surface area contributed by atoms with Crippen LogP contribution in [0, 0.1) is 10.1 Å². The van der Waals surface area contributed by atoms with Crippen LogP contribution in [0.1, 0.15) is 18.4 Å².